The van der Waals surface area contributed by atoms with E-state index in [1.807, 2.05) is 30.5 Å². The highest BCUT2D eigenvalue weighted by Gasteiger charge is 2.19. The number of anilines is 3. The van der Waals surface area contributed by atoms with Gasteiger partial charge in [-0.15, -0.1) is 16.4 Å². The van der Waals surface area contributed by atoms with Crippen molar-refractivity contribution in [2.75, 3.05) is 17.6 Å². The molecular formula is C20H19ClN8OS. The van der Waals surface area contributed by atoms with Crippen LogP contribution in [-0.2, 0) is 6.42 Å². The molecule has 0 unspecified atom stereocenters. The van der Waals surface area contributed by atoms with Gasteiger partial charge >= 0.3 is 0 Å². The number of aryl methyl sites for hydroxylation is 2. The third-order valence-electron chi connectivity index (χ3n) is 5.15. The lowest BCUT2D eigenvalue weighted by atomic mass is 9.99. The van der Waals surface area contributed by atoms with Crippen LogP contribution in [0.4, 0.5) is 17.6 Å². The second-order valence-corrected chi connectivity index (χ2v) is 8.55. The summed E-state index contributed by atoms with van der Waals surface area (Å²) in [6.07, 6.45) is 2.91. The number of halogens is 1. The maximum Gasteiger partial charge on any atom is 0.251 e. The lowest BCUT2D eigenvalue weighted by molar-refractivity contribution is 0.0950. The number of carbonyl (C=O) groups is 1. The van der Waals surface area contributed by atoms with E-state index in [-0.39, 0.29) is 17.1 Å². The number of nitrogen functional groups attached to an aromatic ring is 1. The molecule has 0 bridgehead atoms. The van der Waals surface area contributed by atoms with E-state index in [9.17, 15) is 4.79 Å². The molecule has 0 spiro atoms. The molecule has 4 N–H and O–H groups in total. The lowest BCUT2D eigenvalue weighted by Gasteiger charge is -2.15. The Labute approximate surface area is 186 Å². The molecule has 3 aromatic heterocycles. The molecule has 31 heavy (non-hydrogen) atoms. The first-order chi connectivity index (χ1) is 15.0. The Morgan fingerprint density at radius 2 is 2.13 bits per heavy atom. The molecule has 9 nitrogen and oxygen atoms in total. The molecule has 1 amide bonds. The second kappa shape index (κ2) is 7.78. The van der Waals surface area contributed by atoms with Crippen LogP contribution in [0.5, 0.6) is 0 Å². The van der Waals surface area contributed by atoms with Crippen LogP contribution in [0, 0.1) is 6.92 Å². The number of fused-ring (bicyclic) bond motifs is 2. The Morgan fingerprint density at radius 1 is 1.26 bits per heavy atom. The van der Waals surface area contributed by atoms with Crippen LogP contribution >= 0.6 is 22.9 Å². The molecule has 0 radical (unpaired) electrons. The van der Waals surface area contributed by atoms with Gasteiger partial charge in [-0.25, -0.2) is 4.98 Å². The third kappa shape index (κ3) is 3.68. The number of carbonyl (C=O) groups excluding carboxylic acids is 1. The van der Waals surface area contributed by atoms with Gasteiger partial charge in [0, 0.05) is 17.8 Å². The van der Waals surface area contributed by atoms with E-state index >= 15 is 0 Å². The van der Waals surface area contributed by atoms with Gasteiger partial charge in [0.25, 0.3) is 5.91 Å². The molecule has 158 valence electrons. The Balaban J connectivity index is 1.50. The zero-order chi connectivity index (χ0) is 21.5. The number of hydrogen-bond donors (Lipinski definition) is 3. The summed E-state index contributed by atoms with van der Waals surface area (Å²) in [5, 5.41) is 12.6. The Morgan fingerprint density at radius 3 is 3.00 bits per heavy atom. The number of rotatable bonds is 3. The first-order valence-corrected chi connectivity index (χ1v) is 11.1. The molecule has 0 atom stereocenters. The summed E-state index contributed by atoms with van der Waals surface area (Å²) < 4.78 is 2.26. The van der Waals surface area contributed by atoms with E-state index in [0.29, 0.717) is 29.6 Å². The molecule has 4 aromatic rings. The number of nitrogens with one attached hydrogen (secondary N) is 2. The summed E-state index contributed by atoms with van der Waals surface area (Å²) in [4.78, 5) is 25.4. The largest absolute Gasteiger partial charge is 0.368 e. The number of nitrogens with zero attached hydrogens (tertiary/aromatic N) is 5. The van der Waals surface area contributed by atoms with Crippen LogP contribution in [0.2, 0.25) is 5.28 Å². The first-order valence-electron chi connectivity index (χ1n) is 9.82. The summed E-state index contributed by atoms with van der Waals surface area (Å²) in [7, 11) is 0. The predicted octanol–water partition coefficient (Wildman–Crippen LogP) is 3.63. The van der Waals surface area contributed by atoms with Gasteiger partial charge in [-0.05, 0) is 66.4 Å². The molecule has 1 aliphatic heterocycles. The van der Waals surface area contributed by atoms with Crippen molar-refractivity contribution < 1.29 is 4.79 Å². The van der Waals surface area contributed by atoms with Crippen LogP contribution in [-0.4, -0.2) is 37.2 Å². The average molecular weight is 455 g/mol. The molecule has 1 aromatic carbocycles. The van der Waals surface area contributed by atoms with Crippen molar-refractivity contribution in [3.05, 3.63) is 45.6 Å². The number of amides is 1. The fourth-order valence-corrected chi connectivity index (χ4v) is 4.74. The predicted molar refractivity (Wildman–Crippen MR) is 121 cm³/mol. The molecule has 0 saturated carbocycles. The summed E-state index contributed by atoms with van der Waals surface area (Å²) >= 11 is 7.62. The van der Waals surface area contributed by atoms with Crippen molar-refractivity contribution in [1.82, 2.24) is 30.0 Å². The van der Waals surface area contributed by atoms with E-state index in [0.717, 1.165) is 40.6 Å². The van der Waals surface area contributed by atoms with E-state index in [2.05, 4.69) is 30.7 Å². The highest BCUT2D eigenvalue weighted by Crippen LogP contribution is 2.31. The van der Waals surface area contributed by atoms with Gasteiger partial charge in [-0.3, -0.25) is 4.79 Å². The number of thiophene rings is 1. The third-order valence-corrected chi connectivity index (χ3v) is 6.40. The molecule has 4 heterocycles. The Bertz CT molecular complexity index is 1310. The molecule has 0 saturated heterocycles. The normalized spacial score (nSPS) is 14.1. The Hall–Kier alpha value is -3.24. The fraction of sp³-hybridized carbons (Fsp3) is 0.250. The first kappa shape index (κ1) is 19.7. The van der Waals surface area contributed by atoms with Crippen molar-refractivity contribution >= 4 is 56.6 Å². The molecule has 1 aliphatic rings. The van der Waals surface area contributed by atoms with Gasteiger partial charge in [-0.2, -0.15) is 14.6 Å². The quantitative estimate of drug-likeness (QED) is 0.404. The highest BCUT2D eigenvalue weighted by atomic mass is 35.5. The summed E-state index contributed by atoms with van der Waals surface area (Å²) in [6, 6.07) is 5.69. The van der Waals surface area contributed by atoms with Crippen LogP contribution < -0.4 is 16.4 Å². The smallest absolute Gasteiger partial charge is 0.251 e. The average Bonchev–Trinajstić information content (AvgIpc) is 3.28. The van der Waals surface area contributed by atoms with Gasteiger partial charge in [-0.1, -0.05) is 6.07 Å². The minimum absolute atomic E-state index is 0.0672. The van der Waals surface area contributed by atoms with Crippen LogP contribution in [0.15, 0.2) is 23.6 Å². The SMILES string of the molecule is Cc1csc2c(-n3nc(Nc4ccc5c(c4)C(=O)NCCCC5)nc3N)nc(Cl)nc12. The van der Waals surface area contributed by atoms with Gasteiger partial charge in [0.2, 0.25) is 17.2 Å². The van der Waals surface area contributed by atoms with E-state index in [1.54, 1.807) is 0 Å². The van der Waals surface area contributed by atoms with Crippen molar-refractivity contribution in [3.63, 3.8) is 0 Å². The fourth-order valence-electron chi connectivity index (χ4n) is 3.62. The minimum Gasteiger partial charge on any atom is -0.368 e. The minimum atomic E-state index is -0.0672. The van der Waals surface area contributed by atoms with Crippen molar-refractivity contribution in [1.29, 1.82) is 0 Å². The van der Waals surface area contributed by atoms with E-state index < -0.39 is 0 Å². The number of benzene rings is 1. The van der Waals surface area contributed by atoms with Crippen LogP contribution in [0.3, 0.4) is 0 Å². The van der Waals surface area contributed by atoms with E-state index in [1.165, 1.54) is 16.0 Å². The molecule has 5 rings (SSSR count). The zero-order valence-electron chi connectivity index (χ0n) is 16.6. The van der Waals surface area contributed by atoms with Gasteiger partial charge < -0.3 is 16.4 Å². The van der Waals surface area contributed by atoms with Crippen molar-refractivity contribution in [2.24, 2.45) is 0 Å². The monoisotopic (exact) mass is 454 g/mol. The van der Waals surface area contributed by atoms with E-state index in [4.69, 9.17) is 17.3 Å². The van der Waals surface area contributed by atoms with Crippen LogP contribution in [0.1, 0.15) is 34.3 Å². The lowest BCUT2D eigenvalue weighted by Crippen LogP contribution is -2.27. The maximum absolute atomic E-state index is 12.4. The number of hydrogen-bond acceptors (Lipinski definition) is 8. The van der Waals surface area contributed by atoms with Gasteiger partial charge in [0.1, 0.15) is 0 Å². The van der Waals surface area contributed by atoms with Gasteiger partial charge in [0.05, 0.1) is 10.2 Å². The van der Waals surface area contributed by atoms with Crippen molar-refractivity contribution in [3.8, 4) is 5.82 Å². The summed E-state index contributed by atoms with van der Waals surface area (Å²) in [5.74, 6) is 0.861. The molecule has 0 aliphatic carbocycles. The molecular weight excluding hydrogens is 436 g/mol. The summed E-state index contributed by atoms with van der Waals surface area (Å²) in [5.41, 5.74) is 10.3. The highest BCUT2D eigenvalue weighted by molar-refractivity contribution is 7.17. The number of nitrogens with two attached hydrogens (primary N) is 1. The zero-order valence-corrected chi connectivity index (χ0v) is 18.2. The van der Waals surface area contributed by atoms with Crippen molar-refractivity contribution in [2.45, 2.75) is 26.2 Å². The molecule has 11 heteroatoms. The maximum atomic E-state index is 12.4. The second-order valence-electron chi connectivity index (χ2n) is 7.33. The van der Waals surface area contributed by atoms with Crippen LogP contribution in [0.25, 0.3) is 16.0 Å². The number of aromatic nitrogens is 5. The summed E-state index contributed by atoms with van der Waals surface area (Å²) in [6.45, 7) is 2.65. The topological polar surface area (TPSA) is 124 Å². The molecule has 0 fully saturated rings. The Kier molecular flexibility index (Phi) is 4.95. The van der Waals surface area contributed by atoms with Gasteiger partial charge in [0.15, 0.2) is 5.82 Å². The standard InChI is InChI=1S/C20H19ClN8OS/c1-10-9-31-15-14(10)25-18(21)26-16(15)29-19(22)27-20(28-29)24-12-6-5-11-4-2-3-7-23-17(30)13(11)8-12/h5-6,8-9H,2-4,7H2,1H3,(H,23,30)(H3,22,24,27,28).